The van der Waals surface area contributed by atoms with E-state index in [1.165, 1.54) is 0 Å². The maximum absolute atomic E-state index is 11.9. The molecule has 0 spiro atoms. The number of amides is 1. The van der Waals surface area contributed by atoms with E-state index in [2.05, 4.69) is 11.4 Å². The first kappa shape index (κ1) is 15.5. The molecule has 0 aliphatic heterocycles. The Labute approximate surface area is 130 Å². The fraction of sp³-hybridized carbons (Fsp3) is 0.158. The minimum atomic E-state index is -0.116. The average Bonchev–Trinajstić information content (AvgIpc) is 2.59. The molecule has 0 heterocycles. The van der Waals surface area contributed by atoms with E-state index in [9.17, 15) is 10.1 Å². The van der Waals surface area contributed by atoms with Gasteiger partial charge in [0.05, 0.1) is 6.07 Å². The smallest absolute Gasteiger partial charge is 0.251 e. The van der Waals surface area contributed by atoms with Crippen LogP contribution < -0.4 is 5.32 Å². The topological polar surface area (TPSA) is 52.9 Å². The SMILES string of the molecule is C/C(=C(\C#N)CCNC(=O)c1ccccc1)c1ccccc1. The van der Waals surface area contributed by atoms with Crippen LogP contribution in [0.5, 0.6) is 0 Å². The summed E-state index contributed by atoms with van der Waals surface area (Å²) in [6.07, 6.45) is 0.524. The highest BCUT2D eigenvalue weighted by atomic mass is 16.1. The van der Waals surface area contributed by atoms with Gasteiger partial charge >= 0.3 is 0 Å². The second-order valence-electron chi connectivity index (χ2n) is 4.95. The van der Waals surface area contributed by atoms with E-state index in [1.807, 2.05) is 55.5 Å². The number of benzene rings is 2. The van der Waals surface area contributed by atoms with Crippen molar-refractivity contribution in [3.05, 3.63) is 77.4 Å². The normalized spacial score (nSPS) is 11.3. The second kappa shape index (κ2) is 7.80. The quantitative estimate of drug-likeness (QED) is 0.851. The molecule has 0 aliphatic carbocycles. The highest BCUT2D eigenvalue weighted by molar-refractivity contribution is 5.94. The van der Waals surface area contributed by atoms with Gasteiger partial charge in [-0.25, -0.2) is 0 Å². The van der Waals surface area contributed by atoms with Crippen LogP contribution >= 0.6 is 0 Å². The van der Waals surface area contributed by atoms with E-state index >= 15 is 0 Å². The van der Waals surface area contributed by atoms with Gasteiger partial charge in [-0.3, -0.25) is 4.79 Å². The van der Waals surface area contributed by atoms with E-state index in [0.717, 1.165) is 11.1 Å². The monoisotopic (exact) mass is 290 g/mol. The minimum absolute atomic E-state index is 0.116. The highest BCUT2D eigenvalue weighted by Crippen LogP contribution is 2.19. The Balaban J connectivity index is 1.98. The molecule has 0 unspecified atom stereocenters. The first-order chi connectivity index (χ1) is 10.7. The molecule has 110 valence electrons. The van der Waals surface area contributed by atoms with Crippen molar-refractivity contribution in [1.29, 1.82) is 5.26 Å². The summed E-state index contributed by atoms with van der Waals surface area (Å²) in [5, 5.41) is 12.2. The molecule has 2 aromatic carbocycles. The van der Waals surface area contributed by atoms with Crippen LogP contribution in [0.15, 0.2) is 66.2 Å². The van der Waals surface area contributed by atoms with Gasteiger partial charge in [0.1, 0.15) is 0 Å². The number of carbonyl (C=O) groups excluding carboxylic acids is 1. The van der Waals surface area contributed by atoms with E-state index in [0.29, 0.717) is 24.1 Å². The van der Waals surface area contributed by atoms with Crippen molar-refractivity contribution in [2.24, 2.45) is 0 Å². The van der Waals surface area contributed by atoms with Crippen molar-refractivity contribution in [2.45, 2.75) is 13.3 Å². The predicted octanol–water partition coefficient (Wildman–Crippen LogP) is 3.80. The van der Waals surface area contributed by atoms with Crippen molar-refractivity contribution < 1.29 is 4.79 Å². The summed E-state index contributed by atoms with van der Waals surface area (Å²) in [5.74, 6) is -0.116. The molecule has 1 N–H and O–H groups in total. The lowest BCUT2D eigenvalue weighted by atomic mass is 10.00. The number of hydrogen-bond acceptors (Lipinski definition) is 2. The van der Waals surface area contributed by atoms with Crippen LogP contribution in [0.25, 0.3) is 5.57 Å². The molecule has 0 bridgehead atoms. The number of nitrogens with one attached hydrogen (secondary N) is 1. The predicted molar refractivity (Wildman–Crippen MR) is 88.0 cm³/mol. The molecule has 2 aromatic rings. The lowest BCUT2D eigenvalue weighted by Gasteiger charge is -2.08. The van der Waals surface area contributed by atoms with Gasteiger partial charge in [-0.15, -0.1) is 0 Å². The Morgan fingerprint density at radius 1 is 1.00 bits per heavy atom. The summed E-state index contributed by atoms with van der Waals surface area (Å²) >= 11 is 0. The molecule has 0 aromatic heterocycles. The van der Waals surface area contributed by atoms with Crippen LogP contribution in [0, 0.1) is 11.3 Å². The maximum Gasteiger partial charge on any atom is 0.251 e. The molecule has 0 saturated carbocycles. The fourth-order valence-electron chi connectivity index (χ4n) is 2.18. The molecular formula is C19H18N2O. The van der Waals surface area contributed by atoms with Gasteiger partial charge in [-0.05, 0) is 30.2 Å². The molecule has 0 radical (unpaired) electrons. The van der Waals surface area contributed by atoms with E-state index in [4.69, 9.17) is 0 Å². The summed E-state index contributed by atoms with van der Waals surface area (Å²) in [6.45, 7) is 2.38. The number of nitriles is 1. The first-order valence-electron chi connectivity index (χ1n) is 7.21. The largest absolute Gasteiger partial charge is 0.352 e. The maximum atomic E-state index is 11.9. The van der Waals surface area contributed by atoms with Gasteiger partial charge < -0.3 is 5.32 Å². The Morgan fingerprint density at radius 3 is 2.09 bits per heavy atom. The standard InChI is InChI=1S/C19H18N2O/c1-15(16-8-4-2-5-9-16)18(14-20)12-13-21-19(22)17-10-6-3-7-11-17/h2-11H,12-13H2,1H3,(H,21,22)/b18-15+. The van der Waals surface area contributed by atoms with Crippen molar-refractivity contribution in [3.63, 3.8) is 0 Å². The molecule has 2 rings (SSSR count). The van der Waals surface area contributed by atoms with Gasteiger partial charge in [0, 0.05) is 24.1 Å². The van der Waals surface area contributed by atoms with Crippen molar-refractivity contribution in [3.8, 4) is 6.07 Å². The van der Waals surface area contributed by atoms with Gasteiger partial charge in [-0.2, -0.15) is 5.26 Å². The molecule has 22 heavy (non-hydrogen) atoms. The van der Waals surface area contributed by atoms with Crippen molar-refractivity contribution in [1.82, 2.24) is 5.32 Å². The summed E-state index contributed by atoms with van der Waals surface area (Å²) in [6, 6.07) is 21.1. The summed E-state index contributed by atoms with van der Waals surface area (Å²) in [5.41, 5.74) is 3.31. The Hall–Kier alpha value is -2.86. The van der Waals surface area contributed by atoms with Crippen LogP contribution in [0.1, 0.15) is 29.3 Å². The Bertz CT molecular complexity index is 697. The third-order valence-corrected chi connectivity index (χ3v) is 3.49. The zero-order valence-electron chi connectivity index (χ0n) is 12.5. The van der Waals surface area contributed by atoms with E-state index < -0.39 is 0 Å². The third-order valence-electron chi connectivity index (χ3n) is 3.49. The second-order valence-corrected chi connectivity index (χ2v) is 4.95. The molecule has 0 saturated heterocycles. The van der Waals surface area contributed by atoms with E-state index in [1.54, 1.807) is 12.1 Å². The number of rotatable bonds is 5. The molecular weight excluding hydrogens is 272 g/mol. The van der Waals surface area contributed by atoms with Crippen molar-refractivity contribution >= 4 is 11.5 Å². The Kier molecular flexibility index (Phi) is 5.50. The van der Waals surface area contributed by atoms with Crippen LogP contribution in [0.4, 0.5) is 0 Å². The zero-order valence-corrected chi connectivity index (χ0v) is 12.5. The van der Waals surface area contributed by atoms with Crippen LogP contribution in [0.2, 0.25) is 0 Å². The number of hydrogen-bond donors (Lipinski definition) is 1. The van der Waals surface area contributed by atoms with Gasteiger partial charge in [-0.1, -0.05) is 48.5 Å². The van der Waals surface area contributed by atoms with E-state index in [-0.39, 0.29) is 5.91 Å². The number of allylic oxidation sites excluding steroid dienone is 1. The number of carbonyl (C=O) groups is 1. The van der Waals surface area contributed by atoms with Gasteiger partial charge in [0.2, 0.25) is 0 Å². The van der Waals surface area contributed by atoms with Crippen LogP contribution in [0.3, 0.4) is 0 Å². The molecule has 0 atom stereocenters. The van der Waals surface area contributed by atoms with Gasteiger partial charge in [0.15, 0.2) is 0 Å². The third kappa shape index (κ3) is 4.07. The zero-order chi connectivity index (χ0) is 15.8. The van der Waals surface area contributed by atoms with Crippen LogP contribution in [-0.4, -0.2) is 12.5 Å². The number of nitrogens with zero attached hydrogens (tertiary/aromatic N) is 1. The summed E-state index contributed by atoms with van der Waals surface area (Å²) < 4.78 is 0. The Morgan fingerprint density at radius 2 is 1.55 bits per heavy atom. The lowest BCUT2D eigenvalue weighted by Crippen LogP contribution is -2.24. The fourth-order valence-corrected chi connectivity index (χ4v) is 2.18. The molecule has 0 fully saturated rings. The highest BCUT2D eigenvalue weighted by Gasteiger charge is 2.07. The first-order valence-corrected chi connectivity index (χ1v) is 7.21. The molecule has 1 amide bonds. The molecule has 0 aliphatic rings. The lowest BCUT2D eigenvalue weighted by molar-refractivity contribution is 0.0954. The summed E-state index contributed by atoms with van der Waals surface area (Å²) in [4.78, 5) is 11.9. The minimum Gasteiger partial charge on any atom is -0.352 e. The molecule has 3 heteroatoms. The van der Waals surface area contributed by atoms with Crippen molar-refractivity contribution in [2.75, 3.05) is 6.54 Å². The molecule has 3 nitrogen and oxygen atoms in total. The van der Waals surface area contributed by atoms with Gasteiger partial charge in [0.25, 0.3) is 5.91 Å². The summed E-state index contributed by atoms with van der Waals surface area (Å²) in [7, 11) is 0. The average molecular weight is 290 g/mol. The van der Waals surface area contributed by atoms with Crippen LogP contribution in [-0.2, 0) is 0 Å².